The second-order valence-corrected chi connectivity index (χ2v) is 6.77. The van der Waals surface area contributed by atoms with E-state index in [9.17, 15) is 14.9 Å². The van der Waals surface area contributed by atoms with Crippen LogP contribution in [0, 0.1) is 17.0 Å². The summed E-state index contributed by atoms with van der Waals surface area (Å²) in [5.74, 6) is 0.684. The predicted octanol–water partition coefficient (Wildman–Crippen LogP) is 3.53. The molecule has 0 aliphatic carbocycles. The molecule has 27 heavy (non-hydrogen) atoms. The van der Waals surface area contributed by atoms with Crippen molar-refractivity contribution in [1.29, 1.82) is 0 Å². The van der Waals surface area contributed by atoms with E-state index in [1.165, 1.54) is 12.1 Å². The predicted molar refractivity (Wildman–Crippen MR) is 104 cm³/mol. The molecule has 0 unspecified atom stereocenters. The Balaban J connectivity index is 1.70. The van der Waals surface area contributed by atoms with Crippen LogP contribution in [-0.4, -0.2) is 49.0 Å². The van der Waals surface area contributed by atoms with E-state index in [0.717, 1.165) is 11.3 Å². The second kappa shape index (κ2) is 7.84. The number of nitrogens with zero attached hydrogens (tertiary/aromatic N) is 3. The molecule has 0 atom stereocenters. The number of hydrogen-bond donors (Lipinski definition) is 0. The molecule has 1 heterocycles. The van der Waals surface area contributed by atoms with E-state index in [2.05, 4.69) is 4.90 Å². The molecule has 0 N–H and O–H groups in total. The number of carbonyl (C=O) groups excluding carboxylic acids is 1. The maximum Gasteiger partial charge on any atom is 0.271 e. The Morgan fingerprint density at radius 3 is 2.30 bits per heavy atom. The highest BCUT2D eigenvalue weighted by Gasteiger charge is 2.25. The number of carbonyl (C=O) groups is 1. The van der Waals surface area contributed by atoms with Crippen LogP contribution in [0.3, 0.4) is 0 Å². The van der Waals surface area contributed by atoms with E-state index in [4.69, 9.17) is 16.3 Å². The third kappa shape index (κ3) is 3.98. The summed E-state index contributed by atoms with van der Waals surface area (Å²) >= 11 is 6.30. The van der Waals surface area contributed by atoms with Gasteiger partial charge in [0.05, 0.1) is 22.7 Å². The Labute approximate surface area is 162 Å². The molecule has 8 heteroatoms. The quantitative estimate of drug-likeness (QED) is 0.590. The van der Waals surface area contributed by atoms with Crippen LogP contribution in [0.15, 0.2) is 36.4 Å². The van der Waals surface area contributed by atoms with Crippen LogP contribution in [0.25, 0.3) is 0 Å². The Bertz CT molecular complexity index is 839. The third-order valence-corrected chi connectivity index (χ3v) is 4.96. The van der Waals surface area contributed by atoms with Gasteiger partial charge in [-0.15, -0.1) is 0 Å². The van der Waals surface area contributed by atoms with Crippen molar-refractivity contribution in [3.63, 3.8) is 0 Å². The van der Waals surface area contributed by atoms with Gasteiger partial charge in [-0.25, -0.2) is 0 Å². The van der Waals surface area contributed by atoms with Crippen molar-refractivity contribution >= 4 is 28.9 Å². The number of aryl methyl sites for hydroxylation is 1. The average Bonchev–Trinajstić information content (AvgIpc) is 2.67. The van der Waals surface area contributed by atoms with Gasteiger partial charge in [0.15, 0.2) is 0 Å². The third-order valence-electron chi connectivity index (χ3n) is 4.67. The standard InChI is InChI=1S/C19H20ClN3O4/c1-13-11-15(23(25)26)12-17(20)18(13)21-7-9-22(10-8-21)19(24)14-3-5-16(27-2)6-4-14/h3-6,11-12H,7-10H2,1-2H3. The van der Waals surface area contributed by atoms with Crippen molar-refractivity contribution in [3.8, 4) is 5.75 Å². The van der Waals surface area contributed by atoms with Crippen molar-refractivity contribution in [2.45, 2.75) is 6.92 Å². The van der Waals surface area contributed by atoms with E-state index in [1.54, 1.807) is 36.3 Å². The molecule has 0 saturated carbocycles. The number of hydrogen-bond acceptors (Lipinski definition) is 5. The number of halogens is 1. The molecule has 1 aliphatic rings. The van der Waals surface area contributed by atoms with Gasteiger partial charge in [0, 0.05) is 43.9 Å². The Kier molecular flexibility index (Phi) is 5.51. The van der Waals surface area contributed by atoms with E-state index >= 15 is 0 Å². The summed E-state index contributed by atoms with van der Waals surface area (Å²) in [6.45, 7) is 4.14. The van der Waals surface area contributed by atoms with Crippen molar-refractivity contribution < 1.29 is 14.5 Å². The van der Waals surface area contributed by atoms with Crippen LogP contribution in [-0.2, 0) is 0 Å². The highest BCUT2D eigenvalue weighted by molar-refractivity contribution is 6.33. The minimum Gasteiger partial charge on any atom is -0.497 e. The van der Waals surface area contributed by atoms with Crippen LogP contribution in [0.2, 0.25) is 5.02 Å². The number of amides is 1. The normalized spacial score (nSPS) is 14.2. The lowest BCUT2D eigenvalue weighted by Crippen LogP contribution is -2.49. The first-order chi connectivity index (χ1) is 12.9. The maximum absolute atomic E-state index is 12.7. The van der Waals surface area contributed by atoms with Gasteiger partial charge in [-0.2, -0.15) is 0 Å². The Hall–Kier alpha value is -2.80. The molecule has 1 fully saturated rings. The Morgan fingerprint density at radius 1 is 1.15 bits per heavy atom. The number of benzene rings is 2. The smallest absolute Gasteiger partial charge is 0.271 e. The molecule has 1 saturated heterocycles. The topological polar surface area (TPSA) is 75.9 Å². The minimum atomic E-state index is -0.450. The van der Waals surface area contributed by atoms with Gasteiger partial charge in [0.2, 0.25) is 0 Å². The van der Waals surface area contributed by atoms with Gasteiger partial charge in [0.25, 0.3) is 11.6 Å². The summed E-state index contributed by atoms with van der Waals surface area (Å²) in [7, 11) is 1.58. The number of nitro groups is 1. The van der Waals surface area contributed by atoms with Crippen LogP contribution >= 0.6 is 11.6 Å². The number of methoxy groups -OCH3 is 1. The van der Waals surface area contributed by atoms with E-state index in [1.807, 2.05) is 6.92 Å². The number of nitro benzene ring substituents is 1. The number of non-ortho nitro benzene ring substituents is 1. The fourth-order valence-electron chi connectivity index (χ4n) is 3.27. The summed E-state index contributed by atoms with van der Waals surface area (Å²) in [5.41, 5.74) is 2.14. The van der Waals surface area contributed by atoms with E-state index in [0.29, 0.717) is 42.5 Å². The first kappa shape index (κ1) is 19.0. The molecule has 2 aromatic rings. The first-order valence-electron chi connectivity index (χ1n) is 8.53. The zero-order valence-corrected chi connectivity index (χ0v) is 15.9. The van der Waals surface area contributed by atoms with Crippen molar-refractivity contribution in [3.05, 3.63) is 62.7 Å². The van der Waals surface area contributed by atoms with Gasteiger partial charge in [-0.05, 0) is 36.8 Å². The summed E-state index contributed by atoms with van der Waals surface area (Å²) < 4.78 is 5.12. The monoisotopic (exact) mass is 389 g/mol. The average molecular weight is 390 g/mol. The van der Waals surface area contributed by atoms with E-state index < -0.39 is 4.92 Å². The Morgan fingerprint density at radius 2 is 1.78 bits per heavy atom. The minimum absolute atomic E-state index is 0.0189. The molecular weight excluding hydrogens is 370 g/mol. The molecular formula is C19H20ClN3O4. The molecule has 0 spiro atoms. The lowest BCUT2D eigenvalue weighted by atomic mass is 10.1. The highest BCUT2D eigenvalue weighted by Crippen LogP contribution is 2.34. The number of ether oxygens (including phenoxy) is 1. The summed E-state index contributed by atoms with van der Waals surface area (Å²) in [4.78, 5) is 27.0. The van der Waals surface area contributed by atoms with Gasteiger partial charge in [-0.1, -0.05) is 11.6 Å². The van der Waals surface area contributed by atoms with Crippen molar-refractivity contribution in [1.82, 2.24) is 4.90 Å². The summed E-state index contributed by atoms with van der Waals surface area (Å²) in [6.07, 6.45) is 0. The van der Waals surface area contributed by atoms with Gasteiger partial charge in [0.1, 0.15) is 5.75 Å². The fraction of sp³-hybridized carbons (Fsp3) is 0.316. The molecule has 0 radical (unpaired) electrons. The number of rotatable bonds is 4. The highest BCUT2D eigenvalue weighted by atomic mass is 35.5. The molecule has 2 aromatic carbocycles. The summed E-state index contributed by atoms with van der Waals surface area (Å²) in [6, 6.07) is 9.94. The molecule has 7 nitrogen and oxygen atoms in total. The molecule has 0 bridgehead atoms. The zero-order chi connectivity index (χ0) is 19.6. The van der Waals surface area contributed by atoms with Crippen molar-refractivity contribution in [2.75, 3.05) is 38.2 Å². The van der Waals surface area contributed by atoms with Gasteiger partial charge in [-0.3, -0.25) is 14.9 Å². The zero-order valence-electron chi connectivity index (χ0n) is 15.1. The molecule has 1 aliphatic heterocycles. The van der Waals surface area contributed by atoms with E-state index in [-0.39, 0.29) is 11.6 Å². The second-order valence-electron chi connectivity index (χ2n) is 6.36. The largest absolute Gasteiger partial charge is 0.497 e. The maximum atomic E-state index is 12.7. The lowest BCUT2D eigenvalue weighted by Gasteiger charge is -2.37. The lowest BCUT2D eigenvalue weighted by molar-refractivity contribution is -0.384. The molecule has 0 aromatic heterocycles. The summed E-state index contributed by atoms with van der Waals surface area (Å²) in [5, 5.41) is 11.3. The molecule has 142 valence electrons. The number of piperazine rings is 1. The fourth-order valence-corrected chi connectivity index (χ4v) is 3.65. The first-order valence-corrected chi connectivity index (χ1v) is 8.91. The van der Waals surface area contributed by atoms with Gasteiger partial charge >= 0.3 is 0 Å². The van der Waals surface area contributed by atoms with Crippen LogP contribution < -0.4 is 9.64 Å². The van der Waals surface area contributed by atoms with Crippen molar-refractivity contribution in [2.24, 2.45) is 0 Å². The van der Waals surface area contributed by atoms with Crippen LogP contribution in [0.1, 0.15) is 15.9 Å². The molecule has 3 rings (SSSR count). The van der Waals surface area contributed by atoms with Gasteiger partial charge < -0.3 is 14.5 Å². The number of anilines is 1. The SMILES string of the molecule is COc1ccc(C(=O)N2CCN(c3c(C)cc([N+](=O)[O-])cc3Cl)CC2)cc1. The molecule has 1 amide bonds. The van der Waals surface area contributed by atoms with Crippen LogP contribution in [0.4, 0.5) is 11.4 Å². The van der Waals surface area contributed by atoms with Crippen LogP contribution in [0.5, 0.6) is 5.75 Å².